The van der Waals surface area contributed by atoms with E-state index in [0.717, 1.165) is 11.1 Å². The zero-order valence-corrected chi connectivity index (χ0v) is 12.6. The van der Waals surface area contributed by atoms with Crippen LogP contribution in [-0.4, -0.2) is 42.6 Å². The average Bonchev–Trinajstić information content (AvgIpc) is 2.58. The molecule has 0 aliphatic heterocycles. The molecule has 0 aliphatic carbocycles. The van der Waals surface area contributed by atoms with E-state index in [0.29, 0.717) is 0 Å². The first-order valence-electron chi connectivity index (χ1n) is 6.86. The number of carbonyl (C=O) groups excluding carboxylic acids is 1. The topological polar surface area (TPSA) is 48.3 Å². The first-order chi connectivity index (χ1) is 10.7. The molecule has 5 nitrogen and oxygen atoms in total. The van der Waals surface area contributed by atoms with Gasteiger partial charge in [0.1, 0.15) is 0 Å². The fourth-order valence-electron chi connectivity index (χ4n) is 1.69. The predicted molar refractivity (Wildman–Crippen MR) is 89.0 cm³/mol. The van der Waals surface area contributed by atoms with Crippen LogP contribution in [0.25, 0.3) is 0 Å². The van der Waals surface area contributed by atoms with Gasteiger partial charge in [0, 0.05) is 14.1 Å². The molecule has 0 unspecified atom stereocenters. The fraction of sp³-hybridized carbons (Fsp3) is 0.118. The van der Waals surface area contributed by atoms with Crippen molar-refractivity contribution in [3.05, 3.63) is 71.8 Å². The van der Waals surface area contributed by atoms with E-state index in [4.69, 9.17) is 0 Å². The Morgan fingerprint density at radius 2 is 1.14 bits per heavy atom. The third kappa shape index (κ3) is 4.56. The summed E-state index contributed by atoms with van der Waals surface area (Å²) in [5.41, 5.74) is 1.86. The number of rotatable bonds is 4. The second kappa shape index (κ2) is 7.73. The van der Waals surface area contributed by atoms with Gasteiger partial charge in [0.25, 0.3) is 0 Å². The van der Waals surface area contributed by atoms with Gasteiger partial charge in [0.05, 0.1) is 12.4 Å². The van der Waals surface area contributed by atoms with E-state index in [1.165, 1.54) is 10.0 Å². The highest BCUT2D eigenvalue weighted by atomic mass is 16.2. The number of hydrogen-bond acceptors (Lipinski definition) is 3. The highest BCUT2D eigenvalue weighted by molar-refractivity contribution is 5.83. The van der Waals surface area contributed by atoms with Crippen LogP contribution in [0.1, 0.15) is 11.1 Å². The molecule has 0 aliphatic rings. The van der Waals surface area contributed by atoms with Crippen LogP contribution in [0, 0.1) is 0 Å². The number of carbonyl (C=O) groups is 1. The van der Waals surface area contributed by atoms with Crippen LogP contribution in [0.3, 0.4) is 0 Å². The van der Waals surface area contributed by atoms with E-state index in [2.05, 4.69) is 10.2 Å². The van der Waals surface area contributed by atoms with Crippen LogP contribution in [0.2, 0.25) is 0 Å². The van der Waals surface area contributed by atoms with E-state index in [-0.39, 0.29) is 6.03 Å². The Morgan fingerprint density at radius 3 is 1.50 bits per heavy atom. The number of urea groups is 1. The highest BCUT2D eigenvalue weighted by Gasteiger charge is 2.11. The van der Waals surface area contributed by atoms with Crippen molar-refractivity contribution in [2.24, 2.45) is 10.2 Å². The van der Waals surface area contributed by atoms with Crippen molar-refractivity contribution in [3.8, 4) is 0 Å². The molecule has 0 saturated heterocycles. The lowest BCUT2D eigenvalue weighted by atomic mass is 10.2. The minimum Gasteiger partial charge on any atom is -0.244 e. The third-order valence-corrected chi connectivity index (χ3v) is 2.91. The Kier molecular flexibility index (Phi) is 5.43. The summed E-state index contributed by atoms with van der Waals surface area (Å²) >= 11 is 0. The van der Waals surface area contributed by atoms with Crippen LogP contribution in [-0.2, 0) is 0 Å². The Labute approximate surface area is 130 Å². The van der Waals surface area contributed by atoms with Crippen LogP contribution < -0.4 is 0 Å². The average molecular weight is 294 g/mol. The zero-order chi connectivity index (χ0) is 15.8. The molecule has 5 heteroatoms. The molecule has 2 aromatic rings. The van der Waals surface area contributed by atoms with Gasteiger partial charge < -0.3 is 0 Å². The monoisotopic (exact) mass is 294 g/mol. The van der Waals surface area contributed by atoms with Crippen LogP contribution >= 0.6 is 0 Å². The van der Waals surface area contributed by atoms with Gasteiger partial charge >= 0.3 is 6.03 Å². The SMILES string of the molecule is CN(N=Cc1ccccc1)C(=O)N(C)N=Cc1ccccc1. The lowest BCUT2D eigenvalue weighted by Gasteiger charge is -2.16. The zero-order valence-electron chi connectivity index (χ0n) is 12.6. The van der Waals surface area contributed by atoms with Crippen molar-refractivity contribution in [3.63, 3.8) is 0 Å². The number of nitrogens with zero attached hydrogens (tertiary/aromatic N) is 4. The largest absolute Gasteiger partial charge is 0.360 e. The molecule has 2 amide bonds. The lowest BCUT2D eigenvalue weighted by Crippen LogP contribution is -2.32. The van der Waals surface area contributed by atoms with Gasteiger partial charge in [-0.3, -0.25) is 0 Å². The molecule has 2 aromatic carbocycles. The van der Waals surface area contributed by atoms with Gasteiger partial charge in [0.15, 0.2) is 0 Å². The van der Waals surface area contributed by atoms with E-state index in [9.17, 15) is 4.79 Å². The first-order valence-corrected chi connectivity index (χ1v) is 6.86. The second-order valence-electron chi connectivity index (χ2n) is 4.64. The lowest BCUT2D eigenvalue weighted by molar-refractivity contribution is 0.177. The number of hydrazone groups is 2. The summed E-state index contributed by atoms with van der Waals surface area (Å²) in [6.07, 6.45) is 3.26. The predicted octanol–water partition coefficient (Wildman–Crippen LogP) is 3.04. The quantitative estimate of drug-likeness (QED) is 0.631. The molecule has 0 atom stereocenters. The van der Waals surface area contributed by atoms with Crippen molar-refractivity contribution in [2.75, 3.05) is 14.1 Å². The van der Waals surface area contributed by atoms with Crippen LogP contribution in [0.4, 0.5) is 4.79 Å². The van der Waals surface area contributed by atoms with E-state index in [1.807, 2.05) is 60.7 Å². The minimum absolute atomic E-state index is 0.320. The van der Waals surface area contributed by atoms with Crippen molar-refractivity contribution in [2.45, 2.75) is 0 Å². The second-order valence-corrected chi connectivity index (χ2v) is 4.64. The molecule has 0 radical (unpaired) electrons. The fourth-order valence-corrected chi connectivity index (χ4v) is 1.69. The molecule has 22 heavy (non-hydrogen) atoms. The van der Waals surface area contributed by atoms with Gasteiger partial charge in [-0.1, -0.05) is 60.7 Å². The number of hydrogen-bond donors (Lipinski definition) is 0. The molecular formula is C17H18N4O. The Balaban J connectivity index is 1.95. The summed E-state index contributed by atoms with van der Waals surface area (Å²) in [5, 5.41) is 10.7. The Hall–Kier alpha value is -2.95. The Morgan fingerprint density at radius 1 is 0.773 bits per heavy atom. The molecule has 0 spiro atoms. The van der Waals surface area contributed by atoms with Crippen molar-refractivity contribution < 1.29 is 4.79 Å². The van der Waals surface area contributed by atoms with Gasteiger partial charge in [-0.05, 0) is 11.1 Å². The van der Waals surface area contributed by atoms with E-state index < -0.39 is 0 Å². The van der Waals surface area contributed by atoms with Crippen LogP contribution in [0.15, 0.2) is 70.9 Å². The molecule has 0 heterocycles. The standard InChI is InChI=1S/C17H18N4O/c1-20(18-13-15-9-5-3-6-10-15)17(22)21(2)19-14-16-11-7-4-8-12-16/h3-14H,1-2H3. The molecule has 0 fully saturated rings. The van der Waals surface area contributed by atoms with Crippen LogP contribution in [0.5, 0.6) is 0 Å². The summed E-state index contributed by atoms with van der Waals surface area (Å²) in [5.74, 6) is 0. The van der Waals surface area contributed by atoms with Crippen molar-refractivity contribution in [1.29, 1.82) is 0 Å². The summed E-state index contributed by atoms with van der Waals surface area (Å²) in [6, 6.07) is 18.9. The molecular weight excluding hydrogens is 276 g/mol. The van der Waals surface area contributed by atoms with Gasteiger partial charge in [0.2, 0.25) is 0 Å². The minimum atomic E-state index is -0.320. The Bertz CT molecular complexity index is 595. The normalized spacial score (nSPS) is 11.0. The summed E-state index contributed by atoms with van der Waals surface area (Å²) < 4.78 is 0. The van der Waals surface area contributed by atoms with Gasteiger partial charge in [-0.25, -0.2) is 14.8 Å². The smallest absolute Gasteiger partial charge is 0.244 e. The summed E-state index contributed by atoms with van der Waals surface area (Å²) in [7, 11) is 3.19. The molecule has 0 bridgehead atoms. The van der Waals surface area contributed by atoms with Crippen molar-refractivity contribution >= 4 is 18.5 Å². The highest BCUT2D eigenvalue weighted by Crippen LogP contribution is 2.00. The first kappa shape index (κ1) is 15.4. The van der Waals surface area contributed by atoms with Gasteiger partial charge in [-0.2, -0.15) is 10.2 Å². The third-order valence-electron chi connectivity index (χ3n) is 2.91. The number of amides is 2. The maximum Gasteiger partial charge on any atom is 0.360 e. The maximum absolute atomic E-state index is 12.1. The molecule has 2 rings (SSSR count). The summed E-state index contributed by atoms with van der Waals surface area (Å²) in [4.78, 5) is 12.1. The van der Waals surface area contributed by atoms with Gasteiger partial charge in [-0.15, -0.1) is 0 Å². The summed E-state index contributed by atoms with van der Waals surface area (Å²) in [6.45, 7) is 0. The number of benzene rings is 2. The van der Waals surface area contributed by atoms with Crippen molar-refractivity contribution in [1.82, 2.24) is 10.0 Å². The molecule has 0 N–H and O–H groups in total. The molecule has 0 saturated carbocycles. The molecule has 112 valence electrons. The maximum atomic E-state index is 12.1. The molecule has 0 aromatic heterocycles. The van der Waals surface area contributed by atoms with E-state index in [1.54, 1.807) is 26.5 Å². The van der Waals surface area contributed by atoms with E-state index >= 15 is 0 Å².